The van der Waals surface area contributed by atoms with Crippen LogP contribution in [0.3, 0.4) is 0 Å². The predicted octanol–water partition coefficient (Wildman–Crippen LogP) is 2.47. The molecule has 0 spiro atoms. The number of likely N-dealkylation sites (tertiary alicyclic amines) is 1. The number of amides is 1. The number of fused-ring (bicyclic) bond motifs is 1. The Morgan fingerprint density at radius 2 is 1.89 bits per heavy atom. The highest BCUT2D eigenvalue weighted by atomic mass is 16.2. The lowest BCUT2D eigenvalue weighted by atomic mass is 10.1. The molecule has 1 atom stereocenters. The van der Waals surface area contributed by atoms with Gasteiger partial charge in [0.25, 0.3) is 0 Å². The number of hydrogen-bond acceptors (Lipinski definition) is 5. The molecule has 0 radical (unpaired) electrons. The molecule has 0 aliphatic carbocycles. The van der Waals surface area contributed by atoms with Gasteiger partial charge in [0.1, 0.15) is 5.82 Å². The summed E-state index contributed by atoms with van der Waals surface area (Å²) >= 11 is 0. The van der Waals surface area contributed by atoms with E-state index in [0.29, 0.717) is 6.42 Å². The van der Waals surface area contributed by atoms with E-state index in [9.17, 15) is 4.79 Å². The van der Waals surface area contributed by atoms with Gasteiger partial charge < -0.3 is 15.2 Å². The highest BCUT2D eigenvalue weighted by Gasteiger charge is 2.33. The molecular formula is C20H24N6O. The zero-order chi connectivity index (χ0) is 19.1. The zero-order valence-electron chi connectivity index (χ0n) is 15.9. The van der Waals surface area contributed by atoms with Gasteiger partial charge in [-0.1, -0.05) is 12.1 Å². The topological polar surface area (TPSA) is 89.9 Å². The number of nitrogens with zero attached hydrogens (tertiary/aromatic N) is 5. The third-order valence-corrected chi connectivity index (χ3v) is 5.46. The Bertz CT molecular complexity index is 1000. The first-order valence-electron chi connectivity index (χ1n) is 9.26. The molecule has 7 nitrogen and oxygen atoms in total. The molecule has 3 heterocycles. The Morgan fingerprint density at radius 3 is 2.59 bits per heavy atom. The lowest BCUT2D eigenvalue weighted by molar-refractivity contribution is -0.131. The van der Waals surface area contributed by atoms with E-state index in [4.69, 9.17) is 10.7 Å². The second kappa shape index (κ2) is 6.64. The Hall–Kier alpha value is -2.96. The maximum Gasteiger partial charge on any atom is 0.227 e. The fraction of sp³-hybridized carbons (Fsp3) is 0.400. The van der Waals surface area contributed by atoms with Crippen LogP contribution in [0.25, 0.3) is 11.0 Å². The van der Waals surface area contributed by atoms with Crippen LogP contribution in [-0.4, -0.2) is 36.9 Å². The third-order valence-electron chi connectivity index (χ3n) is 5.46. The van der Waals surface area contributed by atoms with Crippen LogP contribution in [0.4, 0.5) is 5.95 Å². The summed E-state index contributed by atoms with van der Waals surface area (Å²) < 4.78 is 2.11. The number of nitrogen functional groups attached to an aromatic ring is 1. The smallest absolute Gasteiger partial charge is 0.227 e. The second-order valence-electron chi connectivity index (χ2n) is 7.17. The van der Waals surface area contributed by atoms with Crippen LogP contribution in [0.2, 0.25) is 0 Å². The maximum absolute atomic E-state index is 13.1. The first-order valence-corrected chi connectivity index (χ1v) is 9.26. The average molecular weight is 364 g/mol. The van der Waals surface area contributed by atoms with Crippen molar-refractivity contribution >= 4 is 22.9 Å². The van der Waals surface area contributed by atoms with Gasteiger partial charge in [-0.15, -0.1) is 0 Å². The number of anilines is 1. The second-order valence-corrected chi connectivity index (χ2v) is 7.17. The van der Waals surface area contributed by atoms with Crippen molar-refractivity contribution in [3.8, 4) is 0 Å². The molecule has 1 unspecified atom stereocenters. The molecule has 1 fully saturated rings. The van der Waals surface area contributed by atoms with Crippen molar-refractivity contribution in [2.45, 2.75) is 39.2 Å². The number of rotatable bonds is 3. The fourth-order valence-corrected chi connectivity index (χ4v) is 4.07. The summed E-state index contributed by atoms with van der Waals surface area (Å²) in [5.74, 6) is 1.29. The van der Waals surface area contributed by atoms with Crippen LogP contribution in [0.15, 0.2) is 24.3 Å². The maximum atomic E-state index is 13.1. The van der Waals surface area contributed by atoms with E-state index in [0.717, 1.165) is 53.2 Å². The van der Waals surface area contributed by atoms with Crippen molar-refractivity contribution in [1.82, 2.24) is 24.4 Å². The Morgan fingerprint density at radius 1 is 1.19 bits per heavy atom. The molecule has 7 heteroatoms. The Balaban J connectivity index is 1.63. The molecule has 1 aliphatic heterocycles. The first-order chi connectivity index (χ1) is 13.0. The summed E-state index contributed by atoms with van der Waals surface area (Å²) in [5, 5.41) is 0. The number of carbonyl (C=O) groups is 1. The van der Waals surface area contributed by atoms with Crippen LogP contribution in [-0.2, 0) is 18.3 Å². The normalized spacial score (nSPS) is 17.0. The van der Waals surface area contributed by atoms with Gasteiger partial charge in [-0.2, -0.15) is 0 Å². The van der Waals surface area contributed by atoms with E-state index in [1.807, 2.05) is 44.0 Å². The van der Waals surface area contributed by atoms with Crippen LogP contribution in [0.5, 0.6) is 0 Å². The molecule has 27 heavy (non-hydrogen) atoms. The van der Waals surface area contributed by atoms with Gasteiger partial charge in [-0.25, -0.2) is 15.0 Å². The highest BCUT2D eigenvalue weighted by Crippen LogP contribution is 2.33. The fourth-order valence-electron chi connectivity index (χ4n) is 4.07. The molecule has 3 aromatic rings. The summed E-state index contributed by atoms with van der Waals surface area (Å²) in [6.45, 7) is 4.50. The Labute approximate surface area is 158 Å². The van der Waals surface area contributed by atoms with Gasteiger partial charge in [0, 0.05) is 30.5 Å². The minimum Gasteiger partial charge on any atom is -0.368 e. The number of para-hydroxylation sites is 2. The minimum atomic E-state index is 0.00483. The molecular weight excluding hydrogens is 340 g/mol. The first kappa shape index (κ1) is 17.5. The van der Waals surface area contributed by atoms with E-state index in [1.165, 1.54) is 0 Å². The molecule has 4 rings (SSSR count). The monoisotopic (exact) mass is 364 g/mol. The average Bonchev–Trinajstić information content (AvgIpc) is 3.23. The number of aromatic nitrogens is 4. The summed E-state index contributed by atoms with van der Waals surface area (Å²) in [6.07, 6.45) is 2.20. The van der Waals surface area contributed by atoms with Gasteiger partial charge in [0.2, 0.25) is 11.9 Å². The van der Waals surface area contributed by atoms with E-state index in [2.05, 4.69) is 20.6 Å². The van der Waals surface area contributed by atoms with Crippen LogP contribution in [0.1, 0.15) is 41.7 Å². The van der Waals surface area contributed by atoms with Gasteiger partial charge in [0.05, 0.1) is 23.5 Å². The van der Waals surface area contributed by atoms with Crippen LogP contribution in [0, 0.1) is 13.8 Å². The number of imidazole rings is 1. The van der Waals surface area contributed by atoms with Crippen molar-refractivity contribution in [3.05, 3.63) is 47.0 Å². The molecule has 2 aromatic heterocycles. The standard InChI is InChI=1S/C20H24N6O/c1-12-14(13(2)23-20(21)22-12)11-18(27)26-10-6-9-17(26)19-24-15-7-4-5-8-16(15)25(19)3/h4-5,7-8,17H,6,9-11H2,1-3H3,(H2,21,22,23). The zero-order valence-corrected chi connectivity index (χ0v) is 15.9. The van der Waals surface area contributed by atoms with E-state index in [-0.39, 0.29) is 17.9 Å². The third kappa shape index (κ3) is 3.03. The van der Waals surface area contributed by atoms with Crippen LogP contribution < -0.4 is 5.73 Å². The van der Waals surface area contributed by atoms with Crippen molar-refractivity contribution in [1.29, 1.82) is 0 Å². The number of nitrogens with two attached hydrogens (primary N) is 1. The number of carbonyl (C=O) groups excluding carboxylic acids is 1. The molecule has 1 saturated heterocycles. The molecule has 1 amide bonds. The van der Waals surface area contributed by atoms with E-state index in [1.54, 1.807) is 0 Å². The van der Waals surface area contributed by atoms with Crippen molar-refractivity contribution in [2.24, 2.45) is 7.05 Å². The number of hydrogen-bond donors (Lipinski definition) is 1. The largest absolute Gasteiger partial charge is 0.368 e. The minimum absolute atomic E-state index is 0.00483. The highest BCUT2D eigenvalue weighted by molar-refractivity contribution is 5.80. The predicted molar refractivity (Wildman–Crippen MR) is 104 cm³/mol. The molecule has 0 bridgehead atoms. The van der Waals surface area contributed by atoms with E-state index >= 15 is 0 Å². The lowest BCUT2D eigenvalue weighted by Crippen LogP contribution is -2.33. The number of benzene rings is 1. The summed E-state index contributed by atoms with van der Waals surface area (Å²) in [5.41, 5.74) is 10.2. The SMILES string of the molecule is Cc1nc(N)nc(C)c1CC(=O)N1CCCC1c1nc2ccccc2n1C. The summed E-state index contributed by atoms with van der Waals surface area (Å²) in [7, 11) is 2.02. The van der Waals surface area contributed by atoms with Crippen molar-refractivity contribution in [3.63, 3.8) is 0 Å². The summed E-state index contributed by atoms with van der Waals surface area (Å²) in [4.78, 5) is 28.3. The molecule has 1 aromatic carbocycles. The molecule has 0 saturated carbocycles. The van der Waals surface area contributed by atoms with Gasteiger partial charge in [-0.3, -0.25) is 4.79 Å². The van der Waals surface area contributed by atoms with Crippen molar-refractivity contribution < 1.29 is 4.79 Å². The van der Waals surface area contributed by atoms with Crippen molar-refractivity contribution in [2.75, 3.05) is 12.3 Å². The lowest BCUT2D eigenvalue weighted by Gasteiger charge is -2.25. The van der Waals surface area contributed by atoms with Gasteiger partial charge in [0.15, 0.2) is 0 Å². The number of aryl methyl sites for hydroxylation is 3. The van der Waals surface area contributed by atoms with Gasteiger partial charge in [-0.05, 0) is 38.8 Å². The van der Waals surface area contributed by atoms with E-state index < -0.39 is 0 Å². The Kier molecular flexibility index (Phi) is 4.30. The van der Waals surface area contributed by atoms with Crippen LogP contribution >= 0.6 is 0 Å². The molecule has 140 valence electrons. The molecule has 1 aliphatic rings. The quantitative estimate of drug-likeness (QED) is 0.771. The molecule has 2 N–H and O–H groups in total. The van der Waals surface area contributed by atoms with Gasteiger partial charge >= 0.3 is 0 Å². The summed E-state index contributed by atoms with van der Waals surface area (Å²) in [6, 6.07) is 8.08.